The van der Waals surface area contributed by atoms with Gasteiger partial charge in [0, 0.05) is 5.69 Å². The SMILES string of the molecule is [B]c1ccc(C(F)F)nc1C. The summed E-state index contributed by atoms with van der Waals surface area (Å²) in [5.41, 5.74) is 0.661. The molecule has 0 N–H and O–H groups in total. The second kappa shape index (κ2) is 2.99. The molecule has 0 aliphatic carbocycles. The molecule has 0 spiro atoms. The van der Waals surface area contributed by atoms with Crippen molar-refractivity contribution in [2.45, 2.75) is 13.3 Å². The van der Waals surface area contributed by atoms with Crippen molar-refractivity contribution < 1.29 is 8.78 Å². The molecule has 0 aliphatic rings. The van der Waals surface area contributed by atoms with Crippen LogP contribution in [0.5, 0.6) is 0 Å². The van der Waals surface area contributed by atoms with E-state index in [2.05, 4.69) is 4.98 Å². The summed E-state index contributed by atoms with van der Waals surface area (Å²) < 4.78 is 24.0. The summed E-state index contributed by atoms with van der Waals surface area (Å²) >= 11 is 0. The van der Waals surface area contributed by atoms with E-state index in [0.29, 0.717) is 11.2 Å². The van der Waals surface area contributed by atoms with Gasteiger partial charge in [-0.25, -0.2) is 8.78 Å². The summed E-state index contributed by atoms with van der Waals surface area (Å²) in [6.07, 6.45) is -2.52. The summed E-state index contributed by atoms with van der Waals surface area (Å²) in [6.45, 7) is 1.60. The Bertz CT molecular complexity index is 263. The number of pyridine rings is 1. The predicted molar refractivity (Wildman–Crippen MR) is 39.3 cm³/mol. The van der Waals surface area contributed by atoms with Crippen molar-refractivity contribution >= 4 is 13.3 Å². The van der Waals surface area contributed by atoms with Gasteiger partial charge in [0.2, 0.25) is 0 Å². The molecule has 0 bridgehead atoms. The van der Waals surface area contributed by atoms with Gasteiger partial charge in [-0.15, -0.1) is 0 Å². The van der Waals surface area contributed by atoms with Crippen LogP contribution in [0.25, 0.3) is 0 Å². The number of rotatable bonds is 1. The van der Waals surface area contributed by atoms with Gasteiger partial charge < -0.3 is 0 Å². The molecule has 0 saturated carbocycles. The number of hydrogen-bond acceptors (Lipinski definition) is 1. The molecule has 4 heteroatoms. The molecule has 1 aromatic rings. The van der Waals surface area contributed by atoms with Crippen LogP contribution in [0.1, 0.15) is 17.8 Å². The first-order valence-electron chi connectivity index (χ1n) is 3.12. The summed E-state index contributed by atoms with van der Waals surface area (Å²) in [5.74, 6) is 0. The fraction of sp³-hybridized carbons (Fsp3) is 0.286. The molecule has 1 nitrogen and oxygen atoms in total. The van der Waals surface area contributed by atoms with Crippen LogP contribution >= 0.6 is 0 Å². The lowest BCUT2D eigenvalue weighted by atomic mass is 9.94. The molecule has 2 radical (unpaired) electrons. The number of halogens is 2. The molecule has 56 valence electrons. The van der Waals surface area contributed by atoms with E-state index in [1.807, 2.05) is 0 Å². The summed E-state index contributed by atoms with van der Waals surface area (Å²) in [4.78, 5) is 3.60. The van der Waals surface area contributed by atoms with Gasteiger partial charge >= 0.3 is 0 Å². The number of aromatic nitrogens is 1. The van der Waals surface area contributed by atoms with Gasteiger partial charge in [0.15, 0.2) is 0 Å². The van der Waals surface area contributed by atoms with Crippen LogP contribution in [0.15, 0.2) is 12.1 Å². The van der Waals surface area contributed by atoms with Gasteiger partial charge in [-0.05, 0) is 13.0 Å². The van der Waals surface area contributed by atoms with Crippen molar-refractivity contribution in [1.29, 1.82) is 0 Å². The van der Waals surface area contributed by atoms with Gasteiger partial charge in [-0.1, -0.05) is 11.5 Å². The van der Waals surface area contributed by atoms with Crippen molar-refractivity contribution in [3.63, 3.8) is 0 Å². The molecule has 0 fully saturated rings. The smallest absolute Gasteiger partial charge is 0.253 e. The lowest BCUT2D eigenvalue weighted by Gasteiger charge is -2.02. The van der Waals surface area contributed by atoms with Crippen molar-refractivity contribution in [1.82, 2.24) is 4.98 Å². The Morgan fingerprint density at radius 2 is 2.09 bits per heavy atom. The largest absolute Gasteiger partial charge is 0.280 e. The number of nitrogens with zero attached hydrogens (tertiary/aromatic N) is 1. The van der Waals surface area contributed by atoms with E-state index in [1.54, 1.807) is 6.92 Å². The fourth-order valence-corrected chi connectivity index (χ4v) is 0.713. The van der Waals surface area contributed by atoms with Crippen LogP contribution in [0.4, 0.5) is 8.78 Å². The average molecular weight is 153 g/mol. The van der Waals surface area contributed by atoms with Crippen molar-refractivity contribution in [3.8, 4) is 0 Å². The molecule has 1 rings (SSSR count). The monoisotopic (exact) mass is 153 g/mol. The lowest BCUT2D eigenvalue weighted by molar-refractivity contribution is 0.146. The second-order valence-electron chi connectivity index (χ2n) is 2.21. The molecule has 0 saturated heterocycles. The first-order valence-corrected chi connectivity index (χ1v) is 3.12. The van der Waals surface area contributed by atoms with E-state index in [1.165, 1.54) is 12.1 Å². The van der Waals surface area contributed by atoms with Crippen LogP contribution in [-0.4, -0.2) is 12.8 Å². The molecule has 11 heavy (non-hydrogen) atoms. The maximum atomic E-state index is 12.0. The zero-order valence-corrected chi connectivity index (χ0v) is 6.01. The molecule has 0 atom stereocenters. The Balaban J connectivity index is 3.05. The van der Waals surface area contributed by atoms with Crippen LogP contribution < -0.4 is 5.46 Å². The predicted octanol–water partition coefficient (Wildman–Crippen LogP) is 1.12. The maximum Gasteiger partial charge on any atom is 0.280 e. The Kier molecular flexibility index (Phi) is 2.22. The zero-order valence-electron chi connectivity index (χ0n) is 6.01. The highest BCUT2D eigenvalue weighted by Crippen LogP contribution is 2.14. The zero-order chi connectivity index (χ0) is 8.43. The minimum absolute atomic E-state index is 0.225. The fourth-order valence-electron chi connectivity index (χ4n) is 0.713. The van der Waals surface area contributed by atoms with Gasteiger partial charge in [-0.2, -0.15) is 0 Å². The third-order valence-corrected chi connectivity index (χ3v) is 1.37. The molecule has 0 amide bonds. The van der Waals surface area contributed by atoms with E-state index in [9.17, 15) is 8.78 Å². The first kappa shape index (κ1) is 8.17. The third-order valence-electron chi connectivity index (χ3n) is 1.37. The highest BCUT2D eigenvalue weighted by Gasteiger charge is 2.08. The van der Waals surface area contributed by atoms with Crippen molar-refractivity contribution in [2.24, 2.45) is 0 Å². The standard InChI is InChI=1S/C7H6BF2N/c1-4-5(8)2-3-6(11-4)7(9)10/h2-3,7H,1H3. The molecule has 1 aromatic heterocycles. The minimum Gasteiger partial charge on any atom is -0.253 e. The maximum absolute atomic E-state index is 12.0. The first-order chi connectivity index (χ1) is 5.11. The van der Waals surface area contributed by atoms with Crippen molar-refractivity contribution in [3.05, 3.63) is 23.5 Å². The quantitative estimate of drug-likeness (QED) is 0.551. The minimum atomic E-state index is -2.52. The Hall–Kier alpha value is -0.925. The van der Waals surface area contributed by atoms with E-state index in [-0.39, 0.29) is 5.69 Å². The molecule has 0 unspecified atom stereocenters. The second-order valence-corrected chi connectivity index (χ2v) is 2.21. The van der Waals surface area contributed by atoms with Gasteiger partial charge in [0.25, 0.3) is 6.43 Å². The van der Waals surface area contributed by atoms with Crippen LogP contribution in [0, 0.1) is 6.92 Å². The molecular weight excluding hydrogens is 147 g/mol. The van der Waals surface area contributed by atoms with Crippen LogP contribution in [0.2, 0.25) is 0 Å². The van der Waals surface area contributed by atoms with Crippen molar-refractivity contribution in [2.75, 3.05) is 0 Å². The highest BCUT2D eigenvalue weighted by atomic mass is 19.3. The Labute approximate surface area is 64.9 Å². The van der Waals surface area contributed by atoms with Crippen LogP contribution in [-0.2, 0) is 0 Å². The topological polar surface area (TPSA) is 12.9 Å². The summed E-state index contributed by atoms with van der Waals surface area (Å²) in [5, 5.41) is 0. The van der Waals surface area contributed by atoms with E-state index >= 15 is 0 Å². The van der Waals surface area contributed by atoms with E-state index < -0.39 is 6.43 Å². The normalized spacial score (nSPS) is 10.5. The average Bonchev–Trinajstić information content (AvgIpc) is 1.94. The number of aryl methyl sites for hydroxylation is 1. The number of alkyl halides is 2. The Morgan fingerprint density at radius 1 is 1.45 bits per heavy atom. The summed E-state index contributed by atoms with van der Waals surface area (Å²) in [6, 6.07) is 2.66. The van der Waals surface area contributed by atoms with Crippen LogP contribution in [0.3, 0.4) is 0 Å². The highest BCUT2D eigenvalue weighted by molar-refractivity contribution is 6.32. The van der Waals surface area contributed by atoms with Gasteiger partial charge in [0.05, 0.1) is 0 Å². The summed E-state index contributed by atoms with van der Waals surface area (Å²) in [7, 11) is 5.38. The molecule has 0 aromatic carbocycles. The van der Waals surface area contributed by atoms with E-state index in [0.717, 1.165) is 0 Å². The lowest BCUT2D eigenvalue weighted by Crippen LogP contribution is -2.10. The molecule has 1 heterocycles. The molecule has 0 aliphatic heterocycles. The Morgan fingerprint density at radius 3 is 2.55 bits per heavy atom. The molecular formula is C7H6BF2N. The van der Waals surface area contributed by atoms with E-state index in [4.69, 9.17) is 7.85 Å². The third kappa shape index (κ3) is 1.76. The van der Waals surface area contributed by atoms with Gasteiger partial charge in [0.1, 0.15) is 13.5 Å². The van der Waals surface area contributed by atoms with Gasteiger partial charge in [-0.3, -0.25) is 4.98 Å². The number of hydrogen-bond donors (Lipinski definition) is 0.